The number of halogens is 3. The Hall–Kier alpha value is -3.88. The second kappa shape index (κ2) is 10.1. The number of nitriles is 1. The molecule has 1 atom stereocenters. The molecule has 1 aromatic heterocycles. The van der Waals surface area contributed by atoms with Crippen LogP contribution in [0.25, 0.3) is 11.3 Å². The van der Waals surface area contributed by atoms with Gasteiger partial charge in [0.2, 0.25) is 5.95 Å². The average Bonchev–Trinajstić information content (AvgIpc) is 3.26. The second-order valence-corrected chi connectivity index (χ2v) is 9.66. The van der Waals surface area contributed by atoms with E-state index in [1.807, 2.05) is 13.0 Å². The van der Waals surface area contributed by atoms with Gasteiger partial charge < -0.3 is 25.2 Å². The summed E-state index contributed by atoms with van der Waals surface area (Å²) in [6.45, 7) is 3.19. The molecule has 3 aromatic rings. The molecule has 0 amide bonds. The number of rotatable bonds is 6. The van der Waals surface area contributed by atoms with Gasteiger partial charge in [-0.25, -0.2) is 9.97 Å². The van der Waals surface area contributed by atoms with Crippen molar-refractivity contribution < 1.29 is 27.8 Å². The number of aromatic nitrogens is 2. The summed E-state index contributed by atoms with van der Waals surface area (Å²) in [7, 11) is 0. The number of hydrogen-bond acceptors (Lipinski definition) is 8. The molecule has 38 heavy (non-hydrogen) atoms. The van der Waals surface area contributed by atoms with Gasteiger partial charge in [-0.3, -0.25) is 0 Å². The minimum absolute atomic E-state index is 0.0933. The number of nitrogens with one attached hydrogen (secondary N) is 2. The number of aliphatic hydroxyl groups excluding tert-OH is 1. The van der Waals surface area contributed by atoms with Crippen LogP contribution in [-0.2, 0) is 16.3 Å². The van der Waals surface area contributed by atoms with Crippen molar-refractivity contribution in [1.29, 1.82) is 5.26 Å². The molecule has 2 aromatic carbocycles. The maximum Gasteiger partial charge on any atom is 0.420 e. The minimum Gasteiger partial charge on any atom is -0.490 e. The van der Waals surface area contributed by atoms with E-state index in [-0.39, 0.29) is 30.1 Å². The van der Waals surface area contributed by atoms with Crippen molar-refractivity contribution in [1.82, 2.24) is 9.97 Å². The molecule has 2 aliphatic rings. The topological polar surface area (TPSA) is 112 Å². The molecule has 0 radical (unpaired) electrons. The number of benzene rings is 2. The van der Waals surface area contributed by atoms with Gasteiger partial charge in [-0.05, 0) is 42.0 Å². The molecule has 0 aliphatic carbocycles. The van der Waals surface area contributed by atoms with Crippen LogP contribution in [0.2, 0.25) is 0 Å². The summed E-state index contributed by atoms with van der Waals surface area (Å²) in [5, 5.41) is 25.7. The summed E-state index contributed by atoms with van der Waals surface area (Å²) in [4.78, 5) is 8.64. The van der Waals surface area contributed by atoms with E-state index in [0.717, 1.165) is 11.6 Å². The summed E-state index contributed by atoms with van der Waals surface area (Å²) in [5.41, 5.74) is 1.71. The van der Waals surface area contributed by atoms with Crippen molar-refractivity contribution in [3.05, 3.63) is 59.3 Å². The van der Waals surface area contributed by atoms with E-state index in [0.29, 0.717) is 55.1 Å². The molecule has 11 heteroatoms. The molecule has 198 valence electrons. The number of alkyl halides is 3. The van der Waals surface area contributed by atoms with E-state index in [2.05, 4.69) is 26.7 Å². The van der Waals surface area contributed by atoms with E-state index in [1.165, 1.54) is 18.3 Å². The minimum atomic E-state index is -4.62. The first-order valence-corrected chi connectivity index (χ1v) is 12.2. The van der Waals surface area contributed by atoms with Gasteiger partial charge in [0.25, 0.3) is 0 Å². The van der Waals surface area contributed by atoms with Crippen LogP contribution in [0.5, 0.6) is 5.75 Å². The Kier molecular flexibility index (Phi) is 6.86. The number of fused-ring (bicyclic) bond motifs is 1. The first-order chi connectivity index (χ1) is 18.2. The van der Waals surface area contributed by atoms with Gasteiger partial charge >= 0.3 is 6.18 Å². The quantitative estimate of drug-likeness (QED) is 0.412. The lowest BCUT2D eigenvalue weighted by molar-refractivity contribution is -0.139. The van der Waals surface area contributed by atoms with Gasteiger partial charge in [-0.15, -0.1) is 0 Å². The van der Waals surface area contributed by atoms with E-state index in [1.54, 1.807) is 12.1 Å². The van der Waals surface area contributed by atoms with Crippen LogP contribution in [0.1, 0.15) is 36.5 Å². The highest BCUT2D eigenvalue weighted by Crippen LogP contribution is 2.42. The van der Waals surface area contributed by atoms with Crippen LogP contribution >= 0.6 is 0 Å². The highest BCUT2D eigenvalue weighted by atomic mass is 19.4. The van der Waals surface area contributed by atoms with Gasteiger partial charge in [0.1, 0.15) is 17.9 Å². The van der Waals surface area contributed by atoms with Gasteiger partial charge in [-0.1, -0.05) is 6.92 Å². The number of aliphatic hydroxyl groups is 1. The lowest BCUT2D eigenvalue weighted by atomic mass is 9.83. The third kappa shape index (κ3) is 5.10. The molecular formula is C27H26F3N5O3. The Morgan fingerprint density at radius 2 is 2.03 bits per heavy atom. The predicted molar refractivity (Wildman–Crippen MR) is 134 cm³/mol. The van der Waals surface area contributed by atoms with Crippen molar-refractivity contribution in [2.24, 2.45) is 0 Å². The monoisotopic (exact) mass is 525 g/mol. The van der Waals surface area contributed by atoms with Crippen molar-refractivity contribution in [3.63, 3.8) is 0 Å². The summed E-state index contributed by atoms with van der Waals surface area (Å²) in [5.74, 6) is -0.136. The normalized spacial score (nSPS) is 19.4. The summed E-state index contributed by atoms with van der Waals surface area (Å²) < 4.78 is 52.5. The van der Waals surface area contributed by atoms with Crippen molar-refractivity contribution in [3.8, 4) is 23.1 Å². The van der Waals surface area contributed by atoms with Crippen molar-refractivity contribution in [2.75, 3.05) is 37.0 Å². The maximum atomic E-state index is 13.9. The van der Waals surface area contributed by atoms with Crippen LogP contribution in [-0.4, -0.2) is 47.5 Å². The summed E-state index contributed by atoms with van der Waals surface area (Å²) in [6.07, 6.45) is -2.41. The number of hydrogen-bond donors (Lipinski definition) is 3. The summed E-state index contributed by atoms with van der Waals surface area (Å²) >= 11 is 0. The van der Waals surface area contributed by atoms with E-state index >= 15 is 0 Å². The van der Waals surface area contributed by atoms with Crippen molar-refractivity contribution >= 4 is 17.3 Å². The molecular weight excluding hydrogens is 499 g/mol. The Morgan fingerprint density at radius 1 is 1.24 bits per heavy atom. The van der Waals surface area contributed by atoms with Crippen LogP contribution in [0.4, 0.5) is 30.5 Å². The fourth-order valence-electron chi connectivity index (χ4n) is 4.68. The summed E-state index contributed by atoms with van der Waals surface area (Å²) in [6, 6.07) is 11.1. The largest absolute Gasteiger partial charge is 0.490 e. The smallest absolute Gasteiger partial charge is 0.420 e. The van der Waals surface area contributed by atoms with Crippen LogP contribution in [0.15, 0.2) is 42.6 Å². The molecule has 8 nitrogen and oxygen atoms in total. The first-order valence-electron chi connectivity index (χ1n) is 12.2. The van der Waals surface area contributed by atoms with Crippen LogP contribution in [0, 0.1) is 11.3 Å². The third-order valence-corrected chi connectivity index (χ3v) is 6.87. The zero-order valence-electron chi connectivity index (χ0n) is 20.6. The van der Waals surface area contributed by atoms with Crippen LogP contribution in [0.3, 0.4) is 0 Å². The highest BCUT2D eigenvalue weighted by molar-refractivity contribution is 5.76. The van der Waals surface area contributed by atoms with E-state index < -0.39 is 17.2 Å². The molecule has 3 heterocycles. The Morgan fingerprint density at radius 3 is 2.74 bits per heavy atom. The molecule has 1 saturated heterocycles. The molecule has 5 rings (SSSR count). The standard InChI is InChI=1S/C27H26F3N5O3/c1-26(15-36)14-33-24-17(13-31)10-16(11-21(24)26)22-4-7-32-25(35-22)34-18-2-3-23(20(12-18)27(28,29)30)38-19-5-8-37-9-6-19/h2-4,7,10-12,19,33,36H,5-6,8-9,14-15H2,1H3,(H,32,34,35). The SMILES string of the molecule is CC1(CO)CNc2c(C#N)cc(-c3ccnc(Nc4ccc(OC5CCOCC5)c(C(F)(F)F)c4)n3)cc21. The molecule has 0 saturated carbocycles. The molecule has 3 N–H and O–H groups in total. The van der Waals surface area contributed by atoms with E-state index in [4.69, 9.17) is 9.47 Å². The highest BCUT2D eigenvalue weighted by Gasteiger charge is 2.37. The number of nitrogens with zero attached hydrogens (tertiary/aromatic N) is 3. The van der Waals surface area contributed by atoms with Gasteiger partial charge in [0.05, 0.1) is 42.3 Å². The van der Waals surface area contributed by atoms with Crippen molar-refractivity contribution in [2.45, 2.75) is 37.5 Å². The fourth-order valence-corrected chi connectivity index (χ4v) is 4.68. The second-order valence-electron chi connectivity index (χ2n) is 9.66. The zero-order valence-corrected chi connectivity index (χ0v) is 20.6. The van der Waals surface area contributed by atoms with Crippen LogP contribution < -0.4 is 15.4 Å². The number of ether oxygens (including phenoxy) is 2. The Labute approximate surface area is 217 Å². The third-order valence-electron chi connectivity index (χ3n) is 6.87. The number of anilines is 3. The first kappa shape index (κ1) is 25.8. The molecule has 0 spiro atoms. The molecule has 0 bridgehead atoms. The molecule has 2 aliphatic heterocycles. The van der Waals surface area contributed by atoms with Gasteiger partial charge in [-0.2, -0.15) is 18.4 Å². The van der Waals surface area contributed by atoms with Gasteiger partial charge in [0, 0.05) is 42.2 Å². The Balaban J connectivity index is 1.43. The zero-order chi connectivity index (χ0) is 26.9. The lowest BCUT2D eigenvalue weighted by Crippen LogP contribution is -2.28. The predicted octanol–water partition coefficient (Wildman–Crippen LogP) is 5.01. The molecule has 1 unspecified atom stereocenters. The van der Waals surface area contributed by atoms with E-state index in [9.17, 15) is 23.5 Å². The van der Waals surface area contributed by atoms with Gasteiger partial charge in [0.15, 0.2) is 0 Å². The Bertz CT molecular complexity index is 1390. The maximum absolute atomic E-state index is 13.9. The molecule has 1 fully saturated rings. The fraction of sp³-hybridized carbons (Fsp3) is 0.370. The average molecular weight is 526 g/mol. The lowest BCUT2D eigenvalue weighted by Gasteiger charge is -2.25.